The van der Waals surface area contributed by atoms with Crippen molar-refractivity contribution in [2.24, 2.45) is 0 Å². The Balaban J connectivity index is 2.53. The van der Waals surface area contributed by atoms with Crippen molar-refractivity contribution in [2.75, 3.05) is 0 Å². The van der Waals surface area contributed by atoms with Gasteiger partial charge in [-0.05, 0) is 51.3 Å². The summed E-state index contributed by atoms with van der Waals surface area (Å²) in [6, 6.07) is 7.64. The number of hydrogen-bond acceptors (Lipinski definition) is 1. The lowest BCUT2D eigenvalue weighted by Crippen LogP contribution is -2.49. The molecule has 0 amide bonds. The van der Waals surface area contributed by atoms with Gasteiger partial charge in [-0.2, -0.15) is 26.3 Å². The molecule has 1 aromatic heterocycles. The van der Waals surface area contributed by atoms with E-state index >= 15 is 17.6 Å². The Morgan fingerprint density at radius 1 is 0.793 bits per heavy atom. The van der Waals surface area contributed by atoms with Crippen LogP contribution in [0.4, 0.5) is 26.3 Å². The van der Waals surface area contributed by atoms with Crippen LogP contribution >= 0.6 is 11.3 Å². The zero-order valence-corrected chi connectivity index (χ0v) is 17.4. The van der Waals surface area contributed by atoms with Crippen molar-refractivity contribution in [1.82, 2.24) is 0 Å². The molecule has 3 rings (SSSR count). The lowest BCUT2D eigenvalue weighted by molar-refractivity contribution is -0.258. The van der Waals surface area contributed by atoms with E-state index < -0.39 is 28.9 Å². The topological polar surface area (TPSA) is 0 Å². The molecule has 156 valence electrons. The second-order valence-corrected chi connectivity index (χ2v) is 8.86. The fourth-order valence-electron chi connectivity index (χ4n) is 3.84. The van der Waals surface area contributed by atoms with Crippen LogP contribution in [-0.2, 0) is 0 Å². The van der Waals surface area contributed by atoms with Gasteiger partial charge in [-0.1, -0.05) is 35.9 Å². The van der Waals surface area contributed by atoms with Gasteiger partial charge in [0.25, 0.3) is 0 Å². The van der Waals surface area contributed by atoms with Crippen molar-refractivity contribution >= 4 is 22.5 Å². The standard InChI is InChI=1S/C22H20F6S/c1-11(2)16(15-9-7-6-8-10-15)18-19(17-12(3)13(4)29-14(17)5)21(25,26)22(27,28)20(18,23)24/h6-10H,1-5H3. The Kier molecular flexibility index (Phi) is 5.05. The monoisotopic (exact) mass is 430 g/mol. The third-order valence-corrected chi connectivity index (χ3v) is 6.41. The van der Waals surface area contributed by atoms with Gasteiger partial charge in [0.2, 0.25) is 0 Å². The normalized spacial score (nSPS) is 19.6. The average Bonchev–Trinajstić information content (AvgIpc) is 2.91. The molecule has 7 heteroatoms. The molecule has 0 aliphatic heterocycles. The summed E-state index contributed by atoms with van der Waals surface area (Å²) in [6.45, 7) is 7.54. The molecule has 1 heterocycles. The summed E-state index contributed by atoms with van der Waals surface area (Å²) in [5.41, 5.74) is -2.29. The van der Waals surface area contributed by atoms with E-state index in [0.717, 1.165) is 11.3 Å². The van der Waals surface area contributed by atoms with Gasteiger partial charge in [-0.3, -0.25) is 0 Å². The van der Waals surface area contributed by atoms with Crippen molar-refractivity contribution < 1.29 is 26.3 Å². The van der Waals surface area contributed by atoms with E-state index in [9.17, 15) is 8.78 Å². The summed E-state index contributed by atoms with van der Waals surface area (Å²) >= 11 is 1.13. The molecule has 0 atom stereocenters. The summed E-state index contributed by atoms with van der Waals surface area (Å²) in [4.78, 5) is 0.930. The van der Waals surface area contributed by atoms with Crippen LogP contribution in [0, 0.1) is 20.8 Å². The smallest absolute Gasteiger partial charge is 0.194 e. The van der Waals surface area contributed by atoms with Crippen LogP contribution in [0.5, 0.6) is 0 Å². The van der Waals surface area contributed by atoms with E-state index in [4.69, 9.17) is 0 Å². The van der Waals surface area contributed by atoms with Crippen molar-refractivity contribution in [3.63, 3.8) is 0 Å². The molecule has 2 aromatic rings. The number of thiophene rings is 1. The van der Waals surface area contributed by atoms with Crippen LogP contribution in [0.25, 0.3) is 11.1 Å². The van der Waals surface area contributed by atoms with Gasteiger partial charge in [0.15, 0.2) is 0 Å². The number of alkyl halides is 6. The number of allylic oxidation sites excluding steroid dienone is 4. The number of aryl methyl sites for hydroxylation is 2. The SMILES string of the molecule is CC(C)=C(C1=C(c2c(C)sc(C)c2C)C(F)(F)C(F)(F)C1(F)F)c1ccccc1. The van der Waals surface area contributed by atoms with Crippen LogP contribution in [0.1, 0.15) is 40.3 Å². The molecule has 0 saturated heterocycles. The summed E-state index contributed by atoms with van der Waals surface area (Å²) in [6.07, 6.45) is 0. The lowest BCUT2D eigenvalue weighted by Gasteiger charge is -2.26. The predicted molar refractivity (Wildman–Crippen MR) is 105 cm³/mol. The lowest BCUT2D eigenvalue weighted by atomic mass is 9.87. The first-order chi connectivity index (χ1) is 13.3. The highest BCUT2D eigenvalue weighted by Gasteiger charge is 2.80. The molecule has 0 spiro atoms. The first kappa shape index (κ1) is 21.7. The number of hydrogen-bond donors (Lipinski definition) is 0. The molecule has 1 aliphatic rings. The van der Waals surface area contributed by atoms with Gasteiger partial charge in [0.1, 0.15) is 0 Å². The zero-order chi connectivity index (χ0) is 21.9. The fraction of sp³-hybridized carbons (Fsp3) is 0.364. The van der Waals surface area contributed by atoms with E-state index in [2.05, 4.69) is 0 Å². The fourth-order valence-corrected chi connectivity index (χ4v) is 4.91. The third kappa shape index (κ3) is 2.88. The van der Waals surface area contributed by atoms with Crippen LogP contribution in [0.15, 0.2) is 41.5 Å². The Labute approximate surface area is 169 Å². The van der Waals surface area contributed by atoms with Gasteiger partial charge in [-0.25, -0.2) is 0 Å². The highest BCUT2D eigenvalue weighted by Crippen LogP contribution is 2.65. The quantitative estimate of drug-likeness (QED) is 0.435. The second kappa shape index (κ2) is 6.76. The molecule has 0 N–H and O–H groups in total. The molecule has 0 bridgehead atoms. The van der Waals surface area contributed by atoms with E-state index in [1.54, 1.807) is 25.1 Å². The molecular weight excluding hydrogens is 410 g/mol. The third-order valence-electron chi connectivity index (χ3n) is 5.29. The van der Waals surface area contributed by atoms with Crippen LogP contribution in [0.3, 0.4) is 0 Å². The summed E-state index contributed by atoms with van der Waals surface area (Å²) < 4.78 is 89.2. The number of halogens is 6. The maximum absolute atomic E-state index is 15.1. The van der Waals surface area contributed by atoms with E-state index in [0.29, 0.717) is 15.3 Å². The maximum Gasteiger partial charge on any atom is 0.380 e. The van der Waals surface area contributed by atoms with Gasteiger partial charge in [-0.15, -0.1) is 11.3 Å². The predicted octanol–water partition coefficient (Wildman–Crippen LogP) is 7.84. The van der Waals surface area contributed by atoms with Gasteiger partial charge < -0.3 is 0 Å². The summed E-state index contributed by atoms with van der Waals surface area (Å²) in [7, 11) is 0. The van der Waals surface area contributed by atoms with E-state index in [1.165, 1.54) is 39.8 Å². The molecule has 0 radical (unpaired) electrons. The largest absolute Gasteiger partial charge is 0.380 e. The van der Waals surface area contributed by atoms with Gasteiger partial charge in [0.05, 0.1) is 0 Å². The van der Waals surface area contributed by atoms with Crippen molar-refractivity contribution in [1.29, 1.82) is 0 Å². The Morgan fingerprint density at radius 3 is 1.79 bits per heavy atom. The minimum absolute atomic E-state index is 0.190. The summed E-state index contributed by atoms with van der Waals surface area (Å²) in [5, 5.41) is 0. The highest BCUT2D eigenvalue weighted by molar-refractivity contribution is 7.12. The van der Waals surface area contributed by atoms with Crippen molar-refractivity contribution in [2.45, 2.75) is 52.4 Å². The molecular formula is C22H20F6S. The van der Waals surface area contributed by atoms with E-state index in [1.807, 2.05) is 0 Å². The molecule has 0 unspecified atom stereocenters. The van der Waals surface area contributed by atoms with Crippen molar-refractivity contribution in [3.05, 3.63) is 67.9 Å². The molecule has 29 heavy (non-hydrogen) atoms. The zero-order valence-electron chi connectivity index (χ0n) is 16.6. The minimum atomic E-state index is -5.55. The van der Waals surface area contributed by atoms with Gasteiger partial charge in [0, 0.05) is 26.5 Å². The molecule has 1 aromatic carbocycles. The average molecular weight is 430 g/mol. The van der Waals surface area contributed by atoms with Crippen LogP contribution in [-0.4, -0.2) is 17.8 Å². The number of rotatable bonds is 3. The molecule has 0 saturated carbocycles. The van der Waals surface area contributed by atoms with Crippen molar-refractivity contribution in [3.8, 4) is 0 Å². The Morgan fingerprint density at radius 2 is 1.34 bits per heavy atom. The Bertz CT molecular complexity index is 1020. The maximum atomic E-state index is 15.1. The first-order valence-corrected chi connectivity index (χ1v) is 9.77. The minimum Gasteiger partial charge on any atom is -0.194 e. The molecule has 1 aliphatic carbocycles. The van der Waals surface area contributed by atoms with Crippen LogP contribution in [0.2, 0.25) is 0 Å². The Hall–Kier alpha value is -2.02. The number of benzene rings is 1. The highest BCUT2D eigenvalue weighted by atomic mass is 32.1. The van der Waals surface area contributed by atoms with Crippen LogP contribution < -0.4 is 0 Å². The second-order valence-electron chi connectivity index (χ2n) is 7.43. The first-order valence-electron chi connectivity index (χ1n) is 8.95. The molecule has 0 nitrogen and oxygen atoms in total. The summed E-state index contributed by atoms with van der Waals surface area (Å²) in [5.74, 6) is -15.6. The van der Waals surface area contributed by atoms with E-state index in [-0.39, 0.29) is 22.3 Å². The van der Waals surface area contributed by atoms with Gasteiger partial charge >= 0.3 is 17.8 Å². The molecule has 0 fully saturated rings.